The van der Waals surface area contributed by atoms with Crippen LogP contribution >= 0.6 is 0 Å². The SMILES string of the molecule is O=c1c(CN2CCOCC2)cc(CN2CCOCC2)cc(CN2CCOCC2)c1O. The van der Waals surface area contributed by atoms with E-state index in [2.05, 4.69) is 14.7 Å². The molecule has 8 heteroatoms. The van der Waals surface area contributed by atoms with Gasteiger partial charge in [0.2, 0.25) is 5.43 Å². The van der Waals surface area contributed by atoms with E-state index in [4.69, 9.17) is 14.2 Å². The fraction of sp³-hybridized carbons (Fsp3) is 0.682. The Morgan fingerprint density at radius 3 is 1.57 bits per heavy atom. The maximum atomic E-state index is 13.2. The summed E-state index contributed by atoms with van der Waals surface area (Å²) in [5.74, 6) is -0.113. The van der Waals surface area contributed by atoms with Crippen LogP contribution in [0.5, 0.6) is 5.75 Å². The molecule has 166 valence electrons. The Balaban J connectivity index is 1.62. The second-order valence-electron chi connectivity index (χ2n) is 8.26. The maximum Gasteiger partial charge on any atom is 0.224 e. The van der Waals surface area contributed by atoms with E-state index in [1.807, 2.05) is 12.1 Å². The molecule has 0 aromatic heterocycles. The zero-order valence-electron chi connectivity index (χ0n) is 17.7. The first-order chi connectivity index (χ1) is 14.7. The average Bonchev–Trinajstić information content (AvgIpc) is 2.88. The molecule has 4 rings (SSSR count). The first kappa shape index (κ1) is 21.7. The minimum Gasteiger partial charge on any atom is -0.504 e. The molecule has 3 heterocycles. The highest BCUT2D eigenvalue weighted by Gasteiger charge is 2.19. The lowest BCUT2D eigenvalue weighted by Crippen LogP contribution is -2.37. The maximum absolute atomic E-state index is 13.2. The summed E-state index contributed by atoms with van der Waals surface area (Å²) in [7, 11) is 0. The standard InChI is InChI=1S/C22H33N3O5/c26-21-19(16-24-3-9-29-10-4-24)13-18(15-23-1-7-28-8-2-23)14-20(22(21)27)17-25-5-11-30-12-6-25/h13-14H,1-12,15-17H2,(H,26,27). The van der Waals surface area contributed by atoms with Crippen LogP contribution in [-0.2, 0) is 33.8 Å². The van der Waals surface area contributed by atoms with E-state index in [1.54, 1.807) is 0 Å². The molecule has 0 bridgehead atoms. The van der Waals surface area contributed by atoms with Gasteiger partial charge in [0.15, 0.2) is 5.75 Å². The van der Waals surface area contributed by atoms with Crippen molar-refractivity contribution in [2.45, 2.75) is 19.6 Å². The van der Waals surface area contributed by atoms with Crippen molar-refractivity contribution in [2.24, 2.45) is 0 Å². The highest BCUT2D eigenvalue weighted by molar-refractivity contribution is 5.38. The van der Waals surface area contributed by atoms with Crippen LogP contribution in [0.1, 0.15) is 16.7 Å². The number of rotatable bonds is 6. The Kier molecular flexibility index (Phi) is 7.70. The van der Waals surface area contributed by atoms with Gasteiger partial charge in [-0.15, -0.1) is 0 Å². The minimum absolute atomic E-state index is 0.113. The predicted octanol–water partition coefficient (Wildman–Crippen LogP) is 0.249. The van der Waals surface area contributed by atoms with E-state index in [-0.39, 0.29) is 11.2 Å². The lowest BCUT2D eigenvalue weighted by Gasteiger charge is -2.27. The normalized spacial score (nSPS) is 22.3. The zero-order chi connectivity index (χ0) is 20.8. The van der Waals surface area contributed by atoms with Crippen molar-refractivity contribution in [1.82, 2.24) is 14.7 Å². The van der Waals surface area contributed by atoms with Crippen molar-refractivity contribution in [3.63, 3.8) is 0 Å². The van der Waals surface area contributed by atoms with Crippen molar-refractivity contribution in [2.75, 3.05) is 78.9 Å². The van der Waals surface area contributed by atoms with Crippen LogP contribution in [0.15, 0.2) is 16.9 Å². The largest absolute Gasteiger partial charge is 0.504 e. The molecule has 3 saturated heterocycles. The van der Waals surface area contributed by atoms with Gasteiger partial charge in [0.1, 0.15) is 0 Å². The van der Waals surface area contributed by atoms with Gasteiger partial charge in [0.05, 0.1) is 39.6 Å². The summed E-state index contributed by atoms with van der Waals surface area (Å²) >= 11 is 0. The summed E-state index contributed by atoms with van der Waals surface area (Å²) in [5, 5.41) is 10.9. The number of morpholine rings is 3. The minimum atomic E-state index is -0.252. The van der Waals surface area contributed by atoms with E-state index < -0.39 is 0 Å². The highest BCUT2D eigenvalue weighted by Crippen LogP contribution is 2.20. The quantitative estimate of drug-likeness (QED) is 0.704. The molecule has 1 aromatic carbocycles. The molecule has 3 aliphatic heterocycles. The van der Waals surface area contributed by atoms with Crippen LogP contribution in [-0.4, -0.2) is 98.7 Å². The van der Waals surface area contributed by atoms with Crippen LogP contribution in [0.25, 0.3) is 0 Å². The third kappa shape index (κ3) is 5.78. The molecule has 1 aromatic rings. The third-order valence-corrected chi connectivity index (χ3v) is 6.04. The van der Waals surface area contributed by atoms with Crippen molar-refractivity contribution in [3.05, 3.63) is 39.0 Å². The molecule has 0 radical (unpaired) electrons. The van der Waals surface area contributed by atoms with Crippen molar-refractivity contribution < 1.29 is 19.3 Å². The molecule has 0 amide bonds. The van der Waals surface area contributed by atoms with Gasteiger partial charge in [-0.3, -0.25) is 19.5 Å². The molecule has 1 N–H and O–H groups in total. The summed E-state index contributed by atoms with van der Waals surface area (Å²) in [5.41, 5.74) is 2.18. The van der Waals surface area contributed by atoms with Gasteiger partial charge in [-0.2, -0.15) is 0 Å². The zero-order valence-corrected chi connectivity index (χ0v) is 17.7. The van der Waals surface area contributed by atoms with Crippen molar-refractivity contribution >= 4 is 0 Å². The Morgan fingerprint density at radius 1 is 0.667 bits per heavy atom. The van der Waals surface area contributed by atoms with Crippen molar-refractivity contribution in [3.8, 4) is 5.75 Å². The summed E-state index contributed by atoms with van der Waals surface area (Å²) in [6, 6.07) is 4.01. The molecule has 0 saturated carbocycles. The predicted molar refractivity (Wildman–Crippen MR) is 113 cm³/mol. The number of nitrogens with zero attached hydrogens (tertiary/aromatic N) is 3. The molecule has 30 heavy (non-hydrogen) atoms. The Hall–Kier alpha value is -1.55. The highest BCUT2D eigenvalue weighted by atomic mass is 16.5. The molecular formula is C22H33N3O5. The van der Waals surface area contributed by atoms with Crippen LogP contribution in [0.4, 0.5) is 0 Å². The molecule has 8 nitrogen and oxygen atoms in total. The van der Waals surface area contributed by atoms with Gasteiger partial charge < -0.3 is 19.3 Å². The van der Waals surface area contributed by atoms with Crippen LogP contribution in [0.3, 0.4) is 0 Å². The summed E-state index contributed by atoms with van der Waals surface area (Å²) in [4.78, 5) is 20.0. The van der Waals surface area contributed by atoms with E-state index in [0.29, 0.717) is 50.6 Å². The molecule has 0 atom stereocenters. The first-order valence-corrected chi connectivity index (χ1v) is 11.0. The summed E-state index contributed by atoms with van der Waals surface area (Å²) in [6.07, 6.45) is 0. The van der Waals surface area contributed by atoms with Gasteiger partial charge in [-0.05, 0) is 17.7 Å². The average molecular weight is 420 g/mol. The number of ether oxygens (including phenoxy) is 3. The van der Waals surface area contributed by atoms with Crippen LogP contribution < -0.4 is 5.43 Å². The van der Waals surface area contributed by atoms with E-state index in [9.17, 15) is 9.90 Å². The van der Waals surface area contributed by atoms with Gasteiger partial charge in [0, 0.05) is 70.0 Å². The number of aromatic hydroxyl groups is 1. The summed E-state index contributed by atoms with van der Waals surface area (Å²) < 4.78 is 16.3. The topological polar surface area (TPSA) is 74.7 Å². The first-order valence-electron chi connectivity index (χ1n) is 11.0. The molecular weight excluding hydrogens is 386 g/mol. The molecule has 0 unspecified atom stereocenters. The number of hydrogen-bond acceptors (Lipinski definition) is 8. The fourth-order valence-corrected chi connectivity index (χ4v) is 4.27. The fourth-order valence-electron chi connectivity index (χ4n) is 4.27. The second-order valence-corrected chi connectivity index (χ2v) is 8.26. The molecule has 3 fully saturated rings. The lowest BCUT2D eigenvalue weighted by atomic mass is 10.1. The third-order valence-electron chi connectivity index (χ3n) is 6.04. The van der Waals surface area contributed by atoms with E-state index in [1.165, 1.54) is 0 Å². The summed E-state index contributed by atoms with van der Waals surface area (Å²) in [6.45, 7) is 11.1. The lowest BCUT2D eigenvalue weighted by molar-refractivity contribution is 0.0332. The van der Waals surface area contributed by atoms with Gasteiger partial charge in [-0.1, -0.05) is 0 Å². The van der Waals surface area contributed by atoms with Crippen LogP contribution in [0, 0.1) is 0 Å². The van der Waals surface area contributed by atoms with Crippen molar-refractivity contribution in [1.29, 1.82) is 0 Å². The Morgan fingerprint density at radius 2 is 1.07 bits per heavy atom. The Labute approximate surface area is 177 Å². The smallest absolute Gasteiger partial charge is 0.224 e. The number of hydrogen-bond donors (Lipinski definition) is 1. The van der Waals surface area contributed by atoms with Gasteiger partial charge >= 0.3 is 0 Å². The van der Waals surface area contributed by atoms with Gasteiger partial charge in [-0.25, -0.2) is 0 Å². The van der Waals surface area contributed by atoms with E-state index >= 15 is 0 Å². The monoisotopic (exact) mass is 419 g/mol. The van der Waals surface area contributed by atoms with E-state index in [0.717, 1.165) is 64.6 Å². The molecule has 0 spiro atoms. The van der Waals surface area contributed by atoms with Gasteiger partial charge in [0.25, 0.3) is 0 Å². The molecule has 0 aliphatic carbocycles. The second kappa shape index (κ2) is 10.7. The Bertz CT molecular complexity index is 757. The van der Waals surface area contributed by atoms with Crippen LogP contribution in [0.2, 0.25) is 0 Å². The molecule has 3 aliphatic rings.